The van der Waals surface area contributed by atoms with Crippen LogP contribution < -0.4 is 15.5 Å². The summed E-state index contributed by atoms with van der Waals surface area (Å²) in [6.07, 6.45) is 0. The van der Waals surface area contributed by atoms with Gasteiger partial charge >= 0.3 is 0 Å². The van der Waals surface area contributed by atoms with E-state index in [0.717, 1.165) is 27.8 Å². The summed E-state index contributed by atoms with van der Waals surface area (Å²) >= 11 is 0. The average Bonchev–Trinajstić information content (AvgIpc) is 2.82. The zero-order chi connectivity index (χ0) is 21.6. The maximum Gasteiger partial charge on any atom is 0.258 e. The Morgan fingerprint density at radius 1 is 0.742 bits per heavy atom. The van der Waals surface area contributed by atoms with Gasteiger partial charge in [-0.3, -0.25) is 9.59 Å². The Hall–Kier alpha value is -4.12. The summed E-state index contributed by atoms with van der Waals surface area (Å²) in [5.41, 5.74) is 2.94. The fourth-order valence-corrected chi connectivity index (χ4v) is 3.35. The number of nitrogens with zero attached hydrogens (tertiary/aromatic N) is 1. The van der Waals surface area contributed by atoms with Crippen molar-refractivity contribution in [1.82, 2.24) is 0 Å². The van der Waals surface area contributed by atoms with Crippen LogP contribution in [0.15, 0.2) is 97.1 Å². The van der Waals surface area contributed by atoms with Crippen LogP contribution in [0.5, 0.6) is 0 Å². The third-order valence-corrected chi connectivity index (χ3v) is 5.07. The summed E-state index contributed by atoms with van der Waals surface area (Å²) < 4.78 is 0. The molecular formula is C26H23N3O2. The number of anilines is 3. The van der Waals surface area contributed by atoms with Gasteiger partial charge < -0.3 is 15.5 Å². The number of benzene rings is 4. The summed E-state index contributed by atoms with van der Waals surface area (Å²) in [4.78, 5) is 26.6. The molecule has 5 nitrogen and oxygen atoms in total. The topological polar surface area (TPSA) is 61.4 Å². The molecule has 0 heterocycles. The molecule has 4 rings (SSSR count). The largest absolute Gasteiger partial charge is 0.376 e. The van der Waals surface area contributed by atoms with E-state index in [-0.39, 0.29) is 18.4 Å². The van der Waals surface area contributed by atoms with Gasteiger partial charge in [0.15, 0.2) is 0 Å². The van der Waals surface area contributed by atoms with Crippen molar-refractivity contribution in [3.8, 4) is 0 Å². The minimum absolute atomic E-state index is 0.0909. The first-order valence-corrected chi connectivity index (χ1v) is 10.1. The van der Waals surface area contributed by atoms with Gasteiger partial charge in [-0.25, -0.2) is 0 Å². The Labute approximate surface area is 181 Å². The van der Waals surface area contributed by atoms with Crippen LogP contribution in [0.1, 0.15) is 10.4 Å². The molecule has 0 unspecified atom stereocenters. The van der Waals surface area contributed by atoms with Crippen molar-refractivity contribution >= 4 is 39.6 Å². The molecule has 0 aromatic heterocycles. The van der Waals surface area contributed by atoms with Crippen LogP contribution in [0.3, 0.4) is 0 Å². The quantitative estimate of drug-likeness (QED) is 0.462. The second-order valence-electron chi connectivity index (χ2n) is 7.24. The monoisotopic (exact) mass is 409 g/mol. The SMILES string of the molecule is CN(C(=O)c1ccc(NCC(=O)Nc2ccc3ccccc3c2)cc1)c1ccccc1. The Morgan fingerprint density at radius 2 is 1.39 bits per heavy atom. The summed E-state index contributed by atoms with van der Waals surface area (Å²) in [6.45, 7) is 0.129. The predicted octanol–water partition coefficient (Wildman–Crippen LogP) is 5.17. The third-order valence-electron chi connectivity index (χ3n) is 5.07. The lowest BCUT2D eigenvalue weighted by Gasteiger charge is -2.17. The Balaban J connectivity index is 1.33. The van der Waals surface area contributed by atoms with Gasteiger partial charge in [0.2, 0.25) is 5.91 Å². The highest BCUT2D eigenvalue weighted by molar-refractivity contribution is 6.06. The van der Waals surface area contributed by atoms with E-state index >= 15 is 0 Å². The Morgan fingerprint density at radius 3 is 2.13 bits per heavy atom. The van der Waals surface area contributed by atoms with Crippen LogP contribution in [-0.2, 0) is 4.79 Å². The first-order chi connectivity index (χ1) is 15.1. The average molecular weight is 409 g/mol. The number of fused-ring (bicyclic) bond motifs is 1. The molecule has 0 aliphatic rings. The Bertz CT molecular complexity index is 1200. The van der Waals surface area contributed by atoms with E-state index < -0.39 is 0 Å². The minimum atomic E-state index is -0.140. The Kier molecular flexibility index (Phi) is 5.94. The van der Waals surface area contributed by atoms with Crippen molar-refractivity contribution in [1.29, 1.82) is 0 Å². The summed E-state index contributed by atoms with van der Waals surface area (Å²) in [5.74, 6) is -0.231. The molecule has 0 fully saturated rings. The van der Waals surface area contributed by atoms with Crippen LogP contribution >= 0.6 is 0 Å². The van der Waals surface area contributed by atoms with Gasteiger partial charge in [-0.1, -0.05) is 48.5 Å². The van der Waals surface area contributed by atoms with Crippen molar-refractivity contribution in [3.63, 3.8) is 0 Å². The first-order valence-electron chi connectivity index (χ1n) is 10.1. The van der Waals surface area contributed by atoms with E-state index in [2.05, 4.69) is 10.6 Å². The highest BCUT2D eigenvalue weighted by atomic mass is 16.2. The fourth-order valence-electron chi connectivity index (χ4n) is 3.35. The number of rotatable bonds is 6. The van der Waals surface area contributed by atoms with Gasteiger partial charge in [0.25, 0.3) is 5.91 Å². The van der Waals surface area contributed by atoms with Gasteiger partial charge in [0, 0.05) is 29.7 Å². The van der Waals surface area contributed by atoms with Gasteiger partial charge in [-0.2, -0.15) is 0 Å². The van der Waals surface area contributed by atoms with Gasteiger partial charge in [0.1, 0.15) is 0 Å². The lowest BCUT2D eigenvalue weighted by Crippen LogP contribution is -2.26. The molecule has 2 amide bonds. The zero-order valence-corrected chi connectivity index (χ0v) is 17.2. The molecule has 5 heteroatoms. The second kappa shape index (κ2) is 9.13. The van der Waals surface area contributed by atoms with Crippen LogP contribution in [0, 0.1) is 0 Å². The predicted molar refractivity (Wildman–Crippen MR) is 127 cm³/mol. The molecule has 154 valence electrons. The molecule has 0 saturated carbocycles. The van der Waals surface area contributed by atoms with E-state index in [4.69, 9.17) is 0 Å². The lowest BCUT2D eigenvalue weighted by atomic mass is 10.1. The highest BCUT2D eigenvalue weighted by Crippen LogP contribution is 2.19. The highest BCUT2D eigenvalue weighted by Gasteiger charge is 2.13. The van der Waals surface area contributed by atoms with Crippen molar-refractivity contribution in [2.45, 2.75) is 0 Å². The molecule has 2 N–H and O–H groups in total. The van der Waals surface area contributed by atoms with Crippen molar-refractivity contribution in [2.75, 3.05) is 29.1 Å². The molecular weight excluding hydrogens is 386 g/mol. The smallest absolute Gasteiger partial charge is 0.258 e. The molecule has 0 aliphatic heterocycles. The van der Waals surface area contributed by atoms with Crippen LogP contribution in [0.2, 0.25) is 0 Å². The van der Waals surface area contributed by atoms with E-state index in [0.29, 0.717) is 5.56 Å². The summed E-state index contributed by atoms with van der Waals surface area (Å²) in [5, 5.41) is 8.21. The standard InChI is InChI=1S/C26H23N3O2/c1-29(24-9-3-2-4-10-24)26(31)20-12-14-22(15-13-20)27-18-25(30)28-23-16-11-19-7-5-6-8-21(19)17-23/h2-17,27H,18H2,1H3,(H,28,30). The second-order valence-corrected chi connectivity index (χ2v) is 7.24. The number of amides is 2. The van der Waals surface area contributed by atoms with Crippen LogP contribution in [-0.4, -0.2) is 25.4 Å². The molecule has 4 aromatic carbocycles. The molecule has 0 atom stereocenters. The summed E-state index contributed by atoms with van der Waals surface area (Å²) in [6, 6.07) is 30.5. The number of carbonyl (C=O) groups is 2. The number of nitrogens with one attached hydrogen (secondary N) is 2. The van der Waals surface area contributed by atoms with E-state index in [1.807, 2.05) is 72.8 Å². The zero-order valence-electron chi connectivity index (χ0n) is 17.2. The first kappa shape index (κ1) is 20.2. The third kappa shape index (κ3) is 4.90. The molecule has 31 heavy (non-hydrogen) atoms. The molecule has 0 spiro atoms. The van der Waals surface area contributed by atoms with Crippen molar-refractivity contribution in [2.24, 2.45) is 0 Å². The number of hydrogen-bond acceptors (Lipinski definition) is 3. The van der Waals surface area contributed by atoms with Crippen LogP contribution in [0.4, 0.5) is 17.1 Å². The van der Waals surface area contributed by atoms with Gasteiger partial charge in [0.05, 0.1) is 6.54 Å². The minimum Gasteiger partial charge on any atom is -0.376 e. The maximum absolute atomic E-state index is 12.7. The van der Waals surface area contributed by atoms with Gasteiger partial charge in [-0.15, -0.1) is 0 Å². The summed E-state index contributed by atoms with van der Waals surface area (Å²) in [7, 11) is 1.75. The number of para-hydroxylation sites is 1. The maximum atomic E-state index is 12.7. The van der Waals surface area contributed by atoms with Gasteiger partial charge in [-0.05, 0) is 59.3 Å². The lowest BCUT2D eigenvalue weighted by molar-refractivity contribution is -0.114. The van der Waals surface area contributed by atoms with Crippen molar-refractivity contribution in [3.05, 3.63) is 103 Å². The van der Waals surface area contributed by atoms with Crippen LogP contribution in [0.25, 0.3) is 10.8 Å². The molecule has 0 saturated heterocycles. The normalized spacial score (nSPS) is 10.5. The van der Waals surface area contributed by atoms with E-state index in [1.54, 1.807) is 36.2 Å². The fraction of sp³-hybridized carbons (Fsp3) is 0.0769. The van der Waals surface area contributed by atoms with Crippen molar-refractivity contribution < 1.29 is 9.59 Å². The van der Waals surface area contributed by atoms with E-state index in [1.165, 1.54) is 0 Å². The molecule has 0 bridgehead atoms. The number of carbonyl (C=O) groups excluding carboxylic acids is 2. The number of hydrogen-bond donors (Lipinski definition) is 2. The molecule has 4 aromatic rings. The molecule has 0 aliphatic carbocycles. The molecule has 0 radical (unpaired) electrons. The van der Waals surface area contributed by atoms with E-state index in [9.17, 15) is 9.59 Å².